The summed E-state index contributed by atoms with van der Waals surface area (Å²) in [6, 6.07) is 11.4. The SMILES string of the molecule is CCCNC(=O)[C@@H](CC)N(Cc1ccc(Cl)cc1)C(=O)CCCN(c1ccc2c(c1)OCO2)S(C)(=O)=O. The monoisotopic (exact) mass is 551 g/mol. The van der Waals surface area contributed by atoms with Crippen LogP contribution in [0.25, 0.3) is 0 Å². The molecule has 2 amide bonds. The quantitative estimate of drug-likeness (QED) is 0.404. The number of benzene rings is 2. The molecule has 9 nitrogen and oxygen atoms in total. The van der Waals surface area contributed by atoms with Crippen LogP contribution < -0.4 is 19.1 Å². The maximum absolute atomic E-state index is 13.4. The molecule has 0 unspecified atom stereocenters. The lowest BCUT2D eigenvalue weighted by Crippen LogP contribution is -2.49. The van der Waals surface area contributed by atoms with Crippen molar-refractivity contribution in [2.45, 2.75) is 52.1 Å². The zero-order valence-corrected chi connectivity index (χ0v) is 23.0. The van der Waals surface area contributed by atoms with Crippen molar-refractivity contribution in [3.63, 3.8) is 0 Å². The van der Waals surface area contributed by atoms with Crippen molar-refractivity contribution in [3.05, 3.63) is 53.1 Å². The van der Waals surface area contributed by atoms with Gasteiger partial charge in [-0.15, -0.1) is 0 Å². The molecular weight excluding hydrogens is 518 g/mol. The highest BCUT2D eigenvalue weighted by Gasteiger charge is 2.29. The molecule has 0 saturated carbocycles. The topological polar surface area (TPSA) is 105 Å². The van der Waals surface area contributed by atoms with E-state index in [1.54, 1.807) is 35.2 Å². The van der Waals surface area contributed by atoms with Crippen LogP contribution >= 0.6 is 11.6 Å². The molecule has 0 aromatic heterocycles. The number of ether oxygens (including phenoxy) is 2. The number of hydrogen-bond donors (Lipinski definition) is 1. The molecule has 0 spiro atoms. The first-order valence-electron chi connectivity index (χ1n) is 12.3. The highest BCUT2D eigenvalue weighted by atomic mass is 35.5. The summed E-state index contributed by atoms with van der Waals surface area (Å²) in [7, 11) is -3.62. The van der Waals surface area contributed by atoms with Crippen LogP contribution in [-0.2, 0) is 26.2 Å². The van der Waals surface area contributed by atoms with Gasteiger partial charge < -0.3 is 19.7 Å². The van der Waals surface area contributed by atoms with Gasteiger partial charge >= 0.3 is 0 Å². The summed E-state index contributed by atoms with van der Waals surface area (Å²) in [4.78, 5) is 27.9. The molecule has 1 aliphatic rings. The zero-order chi connectivity index (χ0) is 27.0. The maximum Gasteiger partial charge on any atom is 0.242 e. The minimum absolute atomic E-state index is 0.0712. The van der Waals surface area contributed by atoms with Crippen molar-refractivity contribution >= 4 is 39.1 Å². The summed E-state index contributed by atoms with van der Waals surface area (Å²) >= 11 is 6.01. The van der Waals surface area contributed by atoms with Crippen molar-refractivity contribution in [2.24, 2.45) is 0 Å². The Morgan fingerprint density at radius 2 is 1.78 bits per heavy atom. The van der Waals surface area contributed by atoms with E-state index in [1.165, 1.54) is 4.31 Å². The number of rotatable bonds is 13. The number of carbonyl (C=O) groups excluding carboxylic acids is 2. The van der Waals surface area contributed by atoms with E-state index in [0.717, 1.165) is 18.2 Å². The number of amides is 2. The molecular formula is C26H34ClN3O6S. The van der Waals surface area contributed by atoms with Crippen molar-refractivity contribution in [1.82, 2.24) is 10.2 Å². The van der Waals surface area contributed by atoms with Crippen LogP contribution in [0.15, 0.2) is 42.5 Å². The van der Waals surface area contributed by atoms with Crippen molar-refractivity contribution in [3.8, 4) is 11.5 Å². The Bertz CT molecular complexity index is 1190. The summed E-state index contributed by atoms with van der Waals surface area (Å²) in [6.07, 6.45) is 2.69. The minimum Gasteiger partial charge on any atom is -0.454 e. The molecule has 1 atom stereocenters. The molecule has 1 heterocycles. The number of sulfonamides is 1. The van der Waals surface area contributed by atoms with Crippen LogP contribution in [0.4, 0.5) is 5.69 Å². The Kier molecular flexibility index (Phi) is 10.0. The van der Waals surface area contributed by atoms with E-state index < -0.39 is 16.1 Å². The Morgan fingerprint density at radius 1 is 1.08 bits per heavy atom. The second-order valence-corrected chi connectivity index (χ2v) is 11.2. The lowest BCUT2D eigenvalue weighted by atomic mass is 10.1. The fourth-order valence-corrected chi connectivity index (χ4v) is 5.20. The van der Waals surface area contributed by atoms with Crippen LogP contribution in [-0.4, -0.2) is 57.3 Å². The van der Waals surface area contributed by atoms with Crippen molar-refractivity contribution in [2.75, 3.05) is 30.4 Å². The van der Waals surface area contributed by atoms with Gasteiger partial charge in [-0.25, -0.2) is 8.42 Å². The first-order chi connectivity index (χ1) is 17.6. The predicted octanol–water partition coefficient (Wildman–Crippen LogP) is 3.95. The third-order valence-electron chi connectivity index (χ3n) is 6.00. The Morgan fingerprint density at radius 3 is 2.43 bits per heavy atom. The van der Waals surface area contributed by atoms with Crippen LogP contribution in [0.3, 0.4) is 0 Å². The van der Waals surface area contributed by atoms with Crippen LogP contribution in [0.1, 0.15) is 45.1 Å². The molecule has 0 fully saturated rings. The fourth-order valence-electron chi connectivity index (χ4n) is 4.12. The number of hydrogen-bond acceptors (Lipinski definition) is 6. The summed E-state index contributed by atoms with van der Waals surface area (Å²) in [5.41, 5.74) is 1.28. The van der Waals surface area contributed by atoms with Gasteiger partial charge in [-0.2, -0.15) is 0 Å². The van der Waals surface area contributed by atoms with Crippen LogP contribution in [0, 0.1) is 0 Å². The van der Waals surface area contributed by atoms with Gasteiger partial charge in [-0.3, -0.25) is 13.9 Å². The maximum atomic E-state index is 13.4. The van der Waals surface area contributed by atoms with Gasteiger partial charge in [0, 0.05) is 37.1 Å². The fraction of sp³-hybridized carbons (Fsp3) is 0.462. The minimum atomic E-state index is -3.62. The number of nitrogens with one attached hydrogen (secondary N) is 1. The van der Waals surface area contributed by atoms with Gasteiger partial charge in [0.05, 0.1) is 11.9 Å². The average molecular weight is 552 g/mol. The molecule has 3 rings (SSSR count). The van der Waals surface area contributed by atoms with Gasteiger partial charge in [0.2, 0.25) is 28.6 Å². The van der Waals surface area contributed by atoms with E-state index in [0.29, 0.717) is 35.2 Å². The van der Waals surface area contributed by atoms with E-state index >= 15 is 0 Å². The van der Waals surface area contributed by atoms with E-state index in [2.05, 4.69) is 5.32 Å². The molecule has 0 saturated heterocycles. The van der Waals surface area contributed by atoms with E-state index in [4.69, 9.17) is 21.1 Å². The summed E-state index contributed by atoms with van der Waals surface area (Å²) in [5.74, 6) is 0.592. The lowest BCUT2D eigenvalue weighted by molar-refractivity contribution is -0.141. The third-order valence-corrected chi connectivity index (χ3v) is 7.44. The summed E-state index contributed by atoms with van der Waals surface area (Å²) < 4.78 is 37.0. The average Bonchev–Trinajstić information content (AvgIpc) is 3.33. The van der Waals surface area contributed by atoms with Gasteiger partial charge in [0.25, 0.3) is 0 Å². The molecule has 0 bridgehead atoms. The smallest absolute Gasteiger partial charge is 0.242 e. The highest BCUT2D eigenvalue weighted by molar-refractivity contribution is 7.92. The molecule has 1 aliphatic heterocycles. The predicted molar refractivity (Wildman–Crippen MR) is 143 cm³/mol. The highest BCUT2D eigenvalue weighted by Crippen LogP contribution is 2.36. The van der Waals surface area contributed by atoms with Crippen LogP contribution in [0.2, 0.25) is 5.02 Å². The number of nitrogens with zero attached hydrogens (tertiary/aromatic N) is 2. The largest absolute Gasteiger partial charge is 0.454 e. The first-order valence-corrected chi connectivity index (χ1v) is 14.6. The Labute approximate surface area is 223 Å². The van der Waals surface area contributed by atoms with E-state index in [1.807, 2.05) is 26.0 Å². The van der Waals surface area contributed by atoms with Gasteiger partial charge in [0.15, 0.2) is 11.5 Å². The van der Waals surface area contributed by atoms with Gasteiger partial charge in [0.1, 0.15) is 6.04 Å². The molecule has 1 N–H and O–H groups in total. The van der Waals surface area contributed by atoms with Gasteiger partial charge in [-0.05, 0) is 49.1 Å². The second-order valence-electron chi connectivity index (χ2n) is 8.84. The molecule has 202 valence electrons. The van der Waals surface area contributed by atoms with Crippen molar-refractivity contribution < 1.29 is 27.5 Å². The number of anilines is 1. The second kappa shape index (κ2) is 13.0. The molecule has 0 radical (unpaired) electrons. The van der Waals surface area contributed by atoms with E-state index in [-0.39, 0.29) is 44.5 Å². The number of fused-ring (bicyclic) bond motifs is 1. The summed E-state index contributed by atoms with van der Waals surface area (Å²) in [6.45, 7) is 4.77. The third kappa shape index (κ3) is 7.75. The molecule has 0 aliphatic carbocycles. The van der Waals surface area contributed by atoms with E-state index in [9.17, 15) is 18.0 Å². The molecule has 11 heteroatoms. The standard InChI is InChI=1S/C26H34ClN3O6S/c1-4-14-28-26(32)22(5-2)29(17-19-8-10-20(27)11-9-19)25(31)7-6-15-30(37(3,33)34)21-12-13-23-24(16-21)36-18-35-23/h8-13,16,22H,4-7,14-15,17-18H2,1-3H3,(H,28,32)/t22-/m1/s1. The normalized spacial score (nSPS) is 13.2. The molecule has 37 heavy (non-hydrogen) atoms. The Hall–Kier alpha value is -2.98. The molecule has 2 aromatic carbocycles. The van der Waals surface area contributed by atoms with Crippen molar-refractivity contribution in [1.29, 1.82) is 0 Å². The lowest BCUT2D eigenvalue weighted by Gasteiger charge is -2.31. The summed E-state index contributed by atoms with van der Waals surface area (Å²) in [5, 5.41) is 3.47. The zero-order valence-electron chi connectivity index (χ0n) is 21.4. The van der Waals surface area contributed by atoms with Gasteiger partial charge in [-0.1, -0.05) is 37.6 Å². The van der Waals surface area contributed by atoms with Crippen LogP contribution in [0.5, 0.6) is 11.5 Å². The molecule has 2 aromatic rings. The number of carbonyl (C=O) groups is 2. The first kappa shape index (κ1) is 28.6. The number of halogens is 1. The Balaban J connectivity index is 1.74.